The molecule has 0 bridgehead atoms. The second-order valence-corrected chi connectivity index (χ2v) is 8.51. The maximum absolute atomic E-state index is 14.0. The Morgan fingerprint density at radius 2 is 1.80 bits per heavy atom. The van der Waals surface area contributed by atoms with E-state index in [2.05, 4.69) is 10.3 Å². The lowest BCUT2D eigenvalue weighted by atomic mass is 9.79. The van der Waals surface area contributed by atoms with E-state index in [-0.39, 0.29) is 11.8 Å². The van der Waals surface area contributed by atoms with E-state index in [0.717, 1.165) is 16.5 Å². The van der Waals surface area contributed by atoms with Gasteiger partial charge in [0.15, 0.2) is 0 Å². The van der Waals surface area contributed by atoms with E-state index < -0.39 is 12.0 Å². The van der Waals surface area contributed by atoms with E-state index in [1.807, 2.05) is 66.9 Å². The first-order valence-corrected chi connectivity index (χ1v) is 11.5. The van der Waals surface area contributed by atoms with Crippen molar-refractivity contribution < 1.29 is 19.1 Å². The molecule has 7 heteroatoms. The predicted molar refractivity (Wildman–Crippen MR) is 135 cm³/mol. The van der Waals surface area contributed by atoms with Crippen molar-refractivity contribution >= 4 is 28.4 Å². The molecule has 2 N–H and O–H groups in total. The van der Waals surface area contributed by atoms with Crippen molar-refractivity contribution in [3.05, 3.63) is 95.7 Å². The van der Waals surface area contributed by atoms with Gasteiger partial charge in [0.25, 0.3) is 5.91 Å². The number of para-hydroxylation sites is 1. The van der Waals surface area contributed by atoms with Crippen LogP contribution >= 0.6 is 0 Å². The number of aromatic nitrogens is 1. The normalized spacial score (nSPS) is 17.3. The highest BCUT2D eigenvalue weighted by Crippen LogP contribution is 2.45. The third-order valence-corrected chi connectivity index (χ3v) is 6.53. The van der Waals surface area contributed by atoms with Gasteiger partial charge in [0.2, 0.25) is 5.91 Å². The Balaban J connectivity index is 1.65. The summed E-state index contributed by atoms with van der Waals surface area (Å²) in [6.07, 6.45) is 1.90. The molecule has 5 rings (SSSR count). The average molecular weight is 470 g/mol. The van der Waals surface area contributed by atoms with E-state index in [4.69, 9.17) is 9.47 Å². The van der Waals surface area contributed by atoms with Gasteiger partial charge in [-0.15, -0.1) is 0 Å². The molecule has 2 atom stereocenters. The van der Waals surface area contributed by atoms with Crippen LogP contribution in [0, 0.1) is 0 Å². The molecule has 1 aromatic heterocycles. The Morgan fingerprint density at radius 1 is 1.00 bits per heavy atom. The molecule has 7 nitrogen and oxygen atoms in total. The summed E-state index contributed by atoms with van der Waals surface area (Å²) in [5, 5.41) is 4.04. The number of anilines is 1. The monoisotopic (exact) mass is 469 g/mol. The maximum atomic E-state index is 14.0. The number of methoxy groups -OCH3 is 2. The van der Waals surface area contributed by atoms with Crippen LogP contribution in [0.1, 0.15) is 33.4 Å². The summed E-state index contributed by atoms with van der Waals surface area (Å²) in [6.45, 7) is 0.716. The van der Waals surface area contributed by atoms with Crippen molar-refractivity contribution in [3.63, 3.8) is 0 Å². The Bertz CT molecular complexity index is 1380. The fourth-order valence-corrected chi connectivity index (χ4v) is 4.92. The van der Waals surface area contributed by atoms with Gasteiger partial charge in [-0.3, -0.25) is 9.59 Å². The van der Waals surface area contributed by atoms with Crippen LogP contribution in [-0.2, 0) is 9.53 Å². The van der Waals surface area contributed by atoms with Gasteiger partial charge < -0.3 is 24.7 Å². The first kappa shape index (κ1) is 22.7. The maximum Gasteiger partial charge on any atom is 0.254 e. The van der Waals surface area contributed by atoms with Crippen LogP contribution < -0.4 is 10.1 Å². The van der Waals surface area contributed by atoms with Crippen LogP contribution in [0.2, 0.25) is 0 Å². The number of hydrogen-bond donors (Lipinski definition) is 2. The minimum atomic E-state index is -0.633. The molecule has 0 spiro atoms. The Labute approximate surface area is 203 Å². The minimum absolute atomic E-state index is 0.113. The first-order valence-electron chi connectivity index (χ1n) is 11.5. The lowest BCUT2D eigenvalue weighted by molar-refractivity contribution is -0.119. The standard InChI is InChI=1S/C28H27N3O4/c1-34-15-14-31-26(23-17-29-24-13-6-5-10-20(23)24)25(21-11-3-4-12-22(21)28(31)33)27(32)30-18-8-7-9-19(16-18)35-2/h3-13,16-17,25-26,29H,14-15H2,1-2H3,(H,30,32)/t25-,26-/m1/s1. The quantitative estimate of drug-likeness (QED) is 0.409. The molecule has 178 valence electrons. The highest BCUT2D eigenvalue weighted by Gasteiger charge is 2.44. The number of rotatable bonds is 7. The molecule has 2 heterocycles. The van der Waals surface area contributed by atoms with Crippen LogP contribution in [0.4, 0.5) is 5.69 Å². The number of aromatic amines is 1. The van der Waals surface area contributed by atoms with Crippen LogP contribution in [0.15, 0.2) is 79.0 Å². The minimum Gasteiger partial charge on any atom is -0.497 e. The summed E-state index contributed by atoms with van der Waals surface area (Å²) in [6, 6.07) is 22.0. The molecule has 1 aliphatic rings. The molecule has 0 saturated carbocycles. The van der Waals surface area contributed by atoms with Gasteiger partial charge in [-0.2, -0.15) is 0 Å². The Morgan fingerprint density at radius 3 is 2.63 bits per heavy atom. The number of ether oxygens (including phenoxy) is 2. The summed E-state index contributed by atoms with van der Waals surface area (Å²) >= 11 is 0. The second kappa shape index (κ2) is 9.64. The third kappa shape index (κ3) is 4.15. The van der Waals surface area contributed by atoms with Gasteiger partial charge in [0, 0.05) is 53.6 Å². The van der Waals surface area contributed by atoms with Crippen molar-refractivity contribution in [3.8, 4) is 5.75 Å². The van der Waals surface area contributed by atoms with Gasteiger partial charge >= 0.3 is 0 Å². The molecule has 0 saturated heterocycles. The summed E-state index contributed by atoms with van der Waals surface area (Å²) < 4.78 is 10.7. The van der Waals surface area contributed by atoms with Crippen LogP contribution in [0.3, 0.4) is 0 Å². The van der Waals surface area contributed by atoms with Gasteiger partial charge in [0.1, 0.15) is 5.75 Å². The zero-order chi connectivity index (χ0) is 24.4. The molecule has 2 amide bonds. The zero-order valence-electron chi connectivity index (χ0n) is 19.7. The molecule has 1 aliphatic heterocycles. The summed E-state index contributed by atoms with van der Waals surface area (Å²) in [4.78, 5) is 32.7. The second-order valence-electron chi connectivity index (χ2n) is 8.51. The van der Waals surface area contributed by atoms with Gasteiger partial charge in [-0.25, -0.2) is 0 Å². The van der Waals surface area contributed by atoms with Crippen molar-refractivity contribution in [1.82, 2.24) is 9.88 Å². The smallest absolute Gasteiger partial charge is 0.254 e. The van der Waals surface area contributed by atoms with Crippen molar-refractivity contribution in [1.29, 1.82) is 0 Å². The number of nitrogens with one attached hydrogen (secondary N) is 2. The molecule has 35 heavy (non-hydrogen) atoms. The fraction of sp³-hybridized carbons (Fsp3) is 0.214. The number of carbonyl (C=O) groups is 2. The number of H-pyrrole nitrogens is 1. The topological polar surface area (TPSA) is 83.7 Å². The molecule has 0 unspecified atom stereocenters. The lowest BCUT2D eigenvalue weighted by Crippen LogP contribution is -2.47. The Kier molecular flexibility index (Phi) is 6.25. The number of benzene rings is 3. The number of amides is 2. The molecular weight excluding hydrogens is 442 g/mol. The van der Waals surface area contributed by atoms with Gasteiger partial charge in [0.05, 0.1) is 25.7 Å². The van der Waals surface area contributed by atoms with E-state index in [9.17, 15) is 9.59 Å². The summed E-state index contributed by atoms with van der Waals surface area (Å²) in [5.41, 5.74) is 3.72. The van der Waals surface area contributed by atoms with E-state index in [0.29, 0.717) is 35.7 Å². The first-order chi connectivity index (χ1) is 17.1. The van der Waals surface area contributed by atoms with Crippen LogP contribution in [0.25, 0.3) is 10.9 Å². The van der Waals surface area contributed by atoms with Crippen LogP contribution in [-0.4, -0.2) is 49.1 Å². The number of carbonyl (C=O) groups excluding carboxylic acids is 2. The fourth-order valence-electron chi connectivity index (χ4n) is 4.92. The van der Waals surface area contributed by atoms with Gasteiger partial charge in [-0.1, -0.05) is 42.5 Å². The van der Waals surface area contributed by atoms with Crippen molar-refractivity contribution in [2.24, 2.45) is 0 Å². The van der Waals surface area contributed by atoms with Crippen LogP contribution in [0.5, 0.6) is 5.75 Å². The molecule has 4 aromatic rings. The average Bonchev–Trinajstić information content (AvgIpc) is 3.32. The van der Waals surface area contributed by atoms with Gasteiger partial charge in [-0.05, 0) is 29.8 Å². The molecule has 3 aromatic carbocycles. The third-order valence-electron chi connectivity index (χ3n) is 6.53. The number of fused-ring (bicyclic) bond motifs is 2. The molecule has 0 fully saturated rings. The highest BCUT2D eigenvalue weighted by molar-refractivity contribution is 6.05. The lowest BCUT2D eigenvalue weighted by Gasteiger charge is -2.41. The SMILES string of the molecule is COCCN1C(=O)c2ccccc2[C@@H](C(=O)Nc2cccc(OC)c2)[C@H]1c1c[nH]c2ccccc12. The van der Waals surface area contributed by atoms with E-state index in [1.165, 1.54) is 0 Å². The molecule has 0 aliphatic carbocycles. The van der Waals surface area contributed by atoms with E-state index >= 15 is 0 Å². The van der Waals surface area contributed by atoms with E-state index in [1.54, 1.807) is 31.3 Å². The number of hydrogen-bond acceptors (Lipinski definition) is 4. The largest absolute Gasteiger partial charge is 0.497 e. The Hall–Kier alpha value is -4.10. The highest BCUT2D eigenvalue weighted by atomic mass is 16.5. The van der Waals surface area contributed by atoms with Crippen molar-refractivity contribution in [2.75, 3.05) is 32.7 Å². The predicted octanol–water partition coefficient (Wildman–Crippen LogP) is 4.74. The summed E-state index contributed by atoms with van der Waals surface area (Å²) in [7, 11) is 3.20. The zero-order valence-corrected chi connectivity index (χ0v) is 19.7. The molecule has 0 radical (unpaired) electrons. The number of nitrogens with zero attached hydrogens (tertiary/aromatic N) is 1. The molecular formula is C28H27N3O4. The summed E-state index contributed by atoms with van der Waals surface area (Å²) in [5.74, 6) is -0.294. The van der Waals surface area contributed by atoms with Crippen molar-refractivity contribution in [2.45, 2.75) is 12.0 Å².